The van der Waals surface area contributed by atoms with Gasteiger partial charge in [0.1, 0.15) is 5.60 Å². The molecular formula is C18H24ClNO6. The van der Waals surface area contributed by atoms with Crippen LogP contribution < -0.4 is 14.8 Å². The Morgan fingerprint density at radius 3 is 2.69 bits per heavy atom. The van der Waals surface area contributed by atoms with Crippen molar-refractivity contribution in [3.8, 4) is 11.5 Å². The van der Waals surface area contributed by atoms with Crippen molar-refractivity contribution >= 4 is 23.7 Å². The van der Waals surface area contributed by atoms with Crippen LogP contribution in [0.3, 0.4) is 0 Å². The Morgan fingerprint density at radius 2 is 1.96 bits per heavy atom. The predicted octanol–water partition coefficient (Wildman–Crippen LogP) is 3.57. The fraction of sp³-hybridized carbons (Fsp3) is 0.556. The summed E-state index contributed by atoms with van der Waals surface area (Å²) in [5, 5.41) is 2.91. The molecule has 1 aliphatic rings. The van der Waals surface area contributed by atoms with Crippen LogP contribution in [0, 0.1) is 0 Å². The molecule has 1 aromatic carbocycles. The maximum atomic E-state index is 12.2. The molecule has 2 rings (SSSR count). The smallest absolute Gasteiger partial charge is 0.407 e. The third-order valence-electron chi connectivity index (χ3n) is 3.26. The van der Waals surface area contributed by atoms with Crippen LogP contribution in [0.5, 0.6) is 11.5 Å². The van der Waals surface area contributed by atoms with Crippen molar-refractivity contribution in [2.75, 3.05) is 26.4 Å². The van der Waals surface area contributed by atoms with Gasteiger partial charge in [-0.2, -0.15) is 0 Å². The van der Waals surface area contributed by atoms with E-state index in [1.54, 1.807) is 26.8 Å². The quantitative estimate of drug-likeness (QED) is 0.616. The van der Waals surface area contributed by atoms with E-state index in [9.17, 15) is 9.59 Å². The van der Waals surface area contributed by atoms with Crippen LogP contribution in [0.15, 0.2) is 12.1 Å². The van der Waals surface area contributed by atoms with Gasteiger partial charge >= 0.3 is 12.1 Å². The molecule has 0 spiro atoms. The van der Waals surface area contributed by atoms with Gasteiger partial charge in [0, 0.05) is 13.0 Å². The van der Waals surface area contributed by atoms with Crippen molar-refractivity contribution in [3.63, 3.8) is 0 Å². The van der Waals surface area contributed by atoms with E-state index >= 15 is 0 Å². The lowest BCUT2D eigenvalue weighted by atomic mass is 10.2. The summed E-state index contributed by atoms with van der Waals surface area (Å²) in [6.07, 6.45) is 0.706. The van der Waals surface area contributed by atoms with Crippen LogP contribution in [-0.2, 0) is 9.47 Å². The largest absolute Gasteiger partial charge is 0.489 e. The van der Waals surface area contributed by atoms with E-state index in [1.807, 2.05) is 0 Å². The number of hydrogen-bond donors (Lipinski definition) is 1. The van der Waals surface area contributed by atoms with Crippen LogP contribution in [0.2, 0.25) is 5.02 Å². The molecule has 144 valence electrons. The lowest BCUT2D eigenvalue weighted by molar-refractivity contribution is 0.0482. The zero-order valence-corrected chi connectivity index (χ0v) is 16.0. The number of ether oxygens (including phenoxy) is 4. The molecule has 7 nitrogen and oxygen atoms in total. The highest BCUT2D eigenvalue weighted by molar-refractivity contribution is 6.32. The van der Waals surface area contributed by atoms with Gasteiger partial charge in [-0.25, -0.2) is 9.59 Å². The van der Waals surface area contributed by atoms with Crippen molar-refractivity contribution in [2.45, 2.75) is 39.2 Å². The number of halogens is 1. The van der Waals surface area contributed by atoms with Gasteiger partial charge in [-0.3, -0.25) is 0 Å². The number of hydrogen-bond acceptors (Lipinski definition) is 6. The topological polar surface area (TPSA) is 83.1 Å². The molecule has 1 N–H and O–H groups in total. The zero-order chi connectivity index (χ0) is 19.2. The highest BCUT2D eigenvalue weighted by Crippen LogP contribution is 2.38. The Kier molecular flexibility index (Phi) is 6.97. The molecule has 1 aliphatic heterocycles. The SMILES string of the molecule is CC(C)(C)OC(=O)NCCCOC(=O)c1cc(Cl)c2c(c1)OCCCO2. The van der Waals surface area contributed by atoms with Crippen molar-refractivity contribution in [2.24, 2.45) is 0 Å². The second kappa shape index (κ2) is 8.98. The summed E-state index contributed by atoms with van der Waals surface area (Å²) < 4.78 is 21.4. The molecule has 0 atom stereocenters. The predicted molar refractivity (Wildman–Crippen MR) is 96.2 cm³/mol. The third kappa shape index (κ3) is 6.29. The fourth-order valence-corrected chi connectivity index (χ4v) is 2.44. The summed E-state index contributed by atoms with van der Waals surface area (Å²) in [7, 11) is 0. The van der Waals surface area contributed by atoms with Gasteiger partial charge in [0.2, 0.25) is 0 Å². The molecule has 0 radical (unpaired) electrons. The minimum absolute atomic E-state index is 0.153. The van der Waals surface area contributed by atoms with Gasteiger partial charge in [0.15, 0.2) is 11.5 Å². The summed E-state index contributed by atoms with van der Waals surface area (Å²) in [6.45, 7) is 6.86. The summed E-state index contributed by atoms with van der Waals surface area (Å²) in [4.78, 5) is 23.7. The van der Waals surface area contributed by atoms with Crippen LogP contribution in [-0.4, -0.2) is 44.0 Å². The maximum Gasteiger partial charge on any atom is 0.407 e. The lowest BCUT2D eigenvalue weighted by Crippen LogP contribution is -2.33. The van der Waals surface area contributed by atoms with E-state index in [1.165, 1.54) is 6.07 Å². The van der Waals surface area contributed by atoms with Gasteiger partial charge in [0.25, 0.3) is 0 Å². The molecule has 0 unspecified atom stereocenters. The lowest BCUT2D eigenvalue weighted by Gasteiger charge is -2.19. The number of fused-ring (bicyclic) bond motifs is 1. The van der Waals surface area contributed by atoms with Crippen LogP contribution in [0.25, 0.3) is 0 Å². The van der Waals surface area contributed by atoms with E-state index in [0.29, 0.717) is 48.3 Å². The number of carbonyl (C=O) groups is 2. The molecule has 0 aliphatic carbocycles. The number of benzene rings is 1. The first-order chi connectivity index (χ1) is 12.3. The van der Waals surface area contributed by atoms with Crippen molar-refractivity contribution in [1.82, 2.24) is 5.32 Å². The Labute approximate surface area is 157 Å². The standard InChI is InChI=1S/C18H24ClNO6/c1-18(2,3)26-17(22)20-6-4-7-25-16(21)12-10-13(19)15-14(11-12)23-8-5-9-24-15/h10-11H,4-9H2,1-3H3,(H,20,22). The van der Waals surface area contributed by atoms with E-state index in [-0.39, 0.29) is 6.61 Å². The number of alkyl carbamates (subject to hydrolysis) is 1. The molecule has 0 saturated heterocycles. The first kappa shape index (κ1) is 20.2. The Balaban J connectivity index is 1.79. The Morgan fingerprint density at radius 1 is 1.23 bits per heavy atom. The number of rotatable bonds is 5. The van der Waals surface area contributed by atoms with Gasteiger partial charge in [-0.05, 0) is 39.3 Å². The number of nitrogens with one attached hydrogen (secondary N) is 1. The van der Waals surface area contributed by atoms with Crippen LogP contribution in [0.1, 0.15) is 44.0 Å². The van der Waals surface area contributed by atoms with E-state index in [4.69, 9.17) is 30.5 Å². The van der Waals surface area contributed by atoms with Gasteiger partial charge in [-0.15, -0.1) is 0 Å². The van der Waals surface area contributed by atoms with E-state index in [0.717, 1.165) is 6.42 Å². The minimum atomic E-state index is -0.549. The molecule has 8 heteroatoms. The first-order valence-electron chi connectivity index (χ1n) is 8.49. The minimum Gasteiger partial charge on any atom is -0.489 e. The average molecular weight is 386 g/mol. The zero-order valence-electron chi connectivity index (χ0n) is 15.2. The molecule has 1 amide bonds. The second-order valence-electron chi connectivity index (χ2n) is 6.75. The maximum absolute atomic E-state index is 12.2. The normalized spacial score (nSPS) is 13.5. The molecule has 0 bridgehead atoms. The molecule has 26 heavy (non-hydrogen) atoms. The fourth-order valence-electron chi connectivity index (χ4n) is 2.17. The van der Waals surface area contributed by atoms with Gasteiger partial charge in [0.05, 0.1) is 30.4 Å². The summed E-state index contributed by atoms with van der Waals surface area (Å²) in [6, 6.07) is 3.06. The third-order valence-corrected chi connectivity index (χ3v) is 3.54. The number of esters is 1. The molecule has 1 aromatic rings. The summed E-state index contributed by atoms with van der Waals surface area (Å²) in [5.41, 5.74) is -0.258. The summed E-state index contributed by atoms with van der Waals surface area (Å²) >= 11 is 6.16. The number of amides is 1. The van der Waals surface area contributed by atoms with Gasteiger partial charge in [-0.1, -0.05) is 11.6 Å². The molecule has 1 heterocycles. The Bertz CT molecular complexity index is 656. The van der Waals surface area contributed by atoms with E-state index in [2.05, 4.69) is 5.32 Å². The highest BCUT2D eigenvalue weighted by atomic mass is 35.5. The second-order valence-corrected chi connectivity index (χ2v) is 7.16. The number of carbonyl (C=O) groups excluding carboxylic acids is 2. The highest BCUT2D eigenvalue weighted by Gasteiger charge is 2.19. The van der Waals surface area contributed by atoms with Crippen LogP contribution in [0.4, 0.5) is 4.79 Å². The molecular weight excluding hydrogens is 362 g/mol. The first-order valence-corrected chi connectivity index (χ1v) is 8.87. The molecule has 0 aromatic heterocycles. The Hall–Kier alpha value is -2.15. The molecule has 0 saturated carbocycles. The van der Waals surface area contributed by atoms with Gasteiger partial charge < -0.3 is 24.3 Å². The monoisotopic (exact) mass is 385 g/mol. The average Bonchev–Trinajstić information content (AvgIpc) is 2.78. The van der Waals surface area contributed by atoms with E-state index < -0.39 is 17.7 Å². The van der Waals surface area contributed by atoms with Crippen molar-refractivity contribution in [1.29, 1.82) is 0 Å². The van der Waals surface area contributed by atoms with Crippen molar-refractivity contribution < 1.29 is 28.5 Å². The van der Waals surface area contributed by atoms with Crippen LogP contribution >= 0.6 is 11.6 Å². The summed E-state index contributed by atoms with van der Waals surface area (Å²) in [5.74, 6) is 0.371. The van der Waals surface area contributed by atoms with Crippen molar-refractivity contribution in [3.05, 3.63) is 22.7 Å². The molecule has 0 fully saturated rings.